The van der Waals surface area contributed by atoms with Gasteiger partial charge in [0.25, 0.3) is 0 Å². The van der Waals surface area contributed by atoms with Gasteiger partial charge in [-0.25, -0.2) is 0 Å². The van der Waals surface area contributed by atoms with Crippen molar-refractivity contribution in [2.45, 2.75) is 18.4 Å². The van der Waals surface area contributed by atoms with E-state index in [1.807, 2.05) is 24.3 Å². The summed E-state index contributed by atoms with van der Waals surface area (Å²) in [5.74, 6) is 0.569. The fraction of sp³-hybridized carbons (Fsp3) is 0.143. The average Bonchev–Trinajstić information content (AvgIpc) is 2.62. The van der Waals surface area contributed by atoms with Crippen molar-refractivity contribution in [2.24, 2.45) is 0 Å². The van der Waals surface area contributed by atoms with Gasteiger partial charge in [0.1, 0.15) is 5.75 Å². The first-order valence-electron chi connectivity index (χ1n) is 8.01. The summed E-state index contributed by atoms with van der Waals surface area (Å²) < 4.78 is 0. The van der Waals surface area contributed by atoms with Gasteiger partial charge in [-0.15, -0.1) is 0 Å². The molecule has 0 bridgehead atoms. The number of para-hydroxylation sites is 2. The molecule has 0 saturated heterocycles. The highest BCUT2D eigenvalue weighted by atomic mass is 16.3. The van der Waals surface area contributed by atoms with Gasteiger partial charge in [-0.3, -0.25) is 0 Å². The molecule has 114 valence electrons. The summed E-state index contributed by atoms with van der Waals surface area (Å²) in [7, 11) is 0. The maximum absolute atomic E-state index is 10.3. The Hall–Kier alpha value is -2.74. The Balaban J connectivity index is 1.80. The molecule has 4 rings (SSSR count). The number of anilines is 1. The summed E-state index contributed by atoms with van der Waals surface area (Å²) in [5.41, 5.74) is 4.69. The molecule has 2 heteroatoms. The largest absolute Gasteiger partial charge is 0.508 e. The molecule has 3 aromatic rings. The molecule has 1 aliphatic rings. The minimum absolute atomic E-state index is 0.193. The molecule has 0 spiro atoms. The van der Waals surface area contributed by atoms with E-state index in [4.69, 9.17) is 0 Å². The Bertz CT molecular complexity index is 813. The highest BCUT2D eigenvalue weighted by Gasteiger charge is 2.29. The van der Waals surface area contributed by atoms with E-state index in [0.717, 1.165) is 17.7 Å². The Kier molecular flexibility index (Phi) is 3.51. The highest BCUT2D eigenvalue weighted by Crippen LogP contribution is 2.45. The number of nitrogens with one attached hydrogen (secondary N) is 1. The number of fused-ring (bicyclic) bond motifs is 1. The molecule has 0 unspecified atom stereocenters. The van der Waals surface area contributed by atoms with Crippen molar-refractivity contribution in [1.29, 1.82) is 0 Å². The second-order valence-corrected chi connectivity index (χ2v) is 6.04. The molecule has 23 heavy (non-hydrogen) atoms. The highest BCUT2D eigenvalue weighted by molar-refractivity contribution is 5.60. The zero-order valence-electron chi connectivity index (χ0n) is 12.8. The molecule has 3 aromatic carbocycles. The minimum Gasteiger partial charge on any atom is -0.508 e. The van der Waals surface area contributed by atoms with E-state index in [2.05, 4.69) is 53.8 Å². The van der Waals surface area contributed by atoms with Crippen LogP contribution in [0, 0.1) is 0 Å². The number of hydrogen-bond acceptors (Lipinski definition) is 2. The molecule has 0 amide bonds. The SMILES string of the molecule is Oc1ccccc1[C@H]1C[C@@H](c2ccccc2)Nc2ccccc21. The van der Waals surface area contributed by atoms with Gasteiger partial charge in [0.2, 0.25) is 0 Å². The fourth-order valence-corrected chi connectivity index (χ4v) is 3.52. The van der Waals surface area contributed by atoms with Crippen LogP contribution in [0.15, 0.2) is 78.9 Å². The van der Waals surface area contributed by atoms with Crippen molar-refractivity contribution in [3.63, 3.8) is 0 Å². The molecule has 0 aliphatic carbocycles. The third-order valence-corrected chi connectivity index (χ3v) is 4.65. The quantitative estimate of drug-likeness (QED) is 0.691. The van der Waals surface area contributed by atoms with Gasteiger partial charge >= 0.3 is 0 Å². The summed E-state index contributed by atoms with van der Waals surface area (Å²) in [5, 5.41) is 14.0. The summed E-state index contributed by atoms with van der Waals surface area (Å²) in [6.45, 7) is 0. The first-order valence-corrected chi connectivity index (χ1v) is 8.01. The van der Waals surface area contributed by atoms with Crippen LogP contribution in [0.25, 0.3) is 0 Å². The van der Waals surface area contributed by atoms with Gasteiger partial charge in [0, 0.05) is 17.2 Å². The molecular weight excluding hydrogens is 282 g/mol. The second-order valence-electron chi connectivity index (χ2n) is 6.04. The predicted octanol–water partition coefficient (Wildman–Crippen LogP) is 5.08. The molecule has 2 atom stereocenters. The van der Waals surface area contributed by atoms with Crippen molar-refractivity contribution in [3.8, 4) is 5.75 Å². The zero-order valence-corrected chi connectivity index (χ0v) is 12.8. The van der Waals surface area contributed by atoms with Gasteiger partial charge in [0.15, 0.2) is 0 Å². The van der Waals surface area contributed by atoms with Gasteiger partial charge in [0.05, 0.1) is 6.04 Å². The van der Waals surface area contributed by atoms with Crippen molar-refractivity contribution in [2.75, 3.05) is 5.32 Å². The van der Waals surface area contributed by atoms with Gasteiger partial charge in [-0.1, -0.05) is 66.7 Å². The topological polar surface area (TPSA) is 32.3 Å². The van der Waals surface area contributed by atoms with Crippen LogP contribution in [-0.4, -0.2) is 5.11 Å². The Morgan fingerprint density at radius 3 is 2.17 bits per heavy atom. The predicted molar refractivity (Wildman–Crippen MR) is 93.8 cm³/mol. The minimum atomic E-state index is 0.193. The number of aromatic hydroxyl groups is 1. The number of phenols is 1. The van der Waals surface area contributed by atoms with Gasteiger partial charge in [-0.05, 0) is 29.7 Å². The van der Waals surface area contributed by atoms with E-state index in [0.29, 0.717) is 5.75 Å². The average molecular weight is 301 g/mol. The van der Waals surface area contributed by atoms with Gasteiger partial charge in [-0.2, -0.15) is 0 Å². The van der Waals surface area contributed by atoms with E-state index in [-0.39, 0.29) is 12.0 Å². The first-order chi connectivity index (χ1) is 11.3. The Morgan fingerprint density at radius 1 is 0.739 bits per heavy atom. The normalized spacial score (nSPS) is 19.7. The van der Waals surface area contributed by atoms with E-state index in [1.165, 1.54) is 11.1 Å². The number of phenolic OH excluding ortho intramolecular Hbond substituents is 1. The first kappa shape index (κ1) is 13.9. The summed E-state index contributed by atoms with van der Waals surface area (Å²) >= 11 is 0. The third-order valence-electron chi connectivity index (χ3n) is 4.65. The van der Waals surface area contributed by atoms with Crippen LogP contribution in [0.3, 0.4) is 0 Å². The zero-order chi connectivity index (χ0) is 15.6. The standard InChI is InChI=1S/C21H19NO/c23-21-13-7-5-11-17(21)18-14-20(15-8-2-1-3-9-15)22-19-12-6-4-10-16(18)19/h1-13,18,20,22-23H,14H2/t18-,20-/m0/s1. The van der Waals surface area contributed by atoms with Crippen LogP contribution < -0.4 is 5.32 Å². The van der Waals surface area contributed by atoms with Crippen LogP contribution in [0.5, 0.6) is 5.75 Å². The molecule has 0 aromatic heterocycles. The van der Waals surface area contributed by atoms with Crippen LogP contribution in [0.4, 0.5) is 5.69 Å². The molecule has 2 nitrogen and oxygen atoms in total. The Labute approximate surface area is 136 Å². The van der Waals surface area contributed by atoms with Crippen molar-refractivity contribution in [1.82, 2.24) is 0 Å². The molecule has 1 aliphatic heterocycles. The van der Waals surface area contributed by atoms with E-state index in [1.54, 1.807) is 6.07 Å². The molecule has 0 fully saturated rings. The summed E-state index contributed by atoms with van der Waals surface area (Å²) in [6, 6.07) is 26.8. The molecule has 1 heterocycles. The number of benzene rings is 3. The maximum Gasteiger partial charge on any atom is 0.119 e. The Morgan fingerprint density at radius 2 is 1.39 bits per heavy atom. The summed E-state index contributed by atoms with van der Waals surface area (Å²) in [6.07, 6.45) is 0.929. The molecule has 0 saturated carbocycles. The molecular formula is C21H19NO. The van der Waals surface area contributed by atoms with Crippen LogP contribution in [0.1, 0.15) is 35.1 Å². The molecule has 0 radical (unpaired) electrons. The van der Waals surface area contributed by atoms with E-state index < -0.39 is 0 Å². The molecule has 2 N–H and O–H groups in total. The third kappa shape index (κ3) is 2.57. The maximum atomic E-state index is 10.3. The lowest BCUT2D eigenvalue weighted by atomic mass is 9.80. The van der Waals surface area contributed by atoms with Crippen molar-refractivity contribution in [3.05, 3.63) is 95.6 Å². The van der Waals surface area contributed by atoms with Crippen molar-refractivity contribution < 1.29 is 5.11 Å². The lowest BCUT2D eigenvalue weighted by Crippen LogP contribution is -2.22. The van der Waals surface area contributed by atoms with Crippen LogP contribution >= 0.6 is 0 Å². The van der Waals surface area contributed by atoms with Crippen LogP contribution in [-0.2, 0) is 0 Å². The second kappa shape index (κ2) is 5.81. The van der Waals surface area contributed by atoms with Gasteiger partial charge < -0.3 is 10.4 Å². The van der Waals surface area contributed by atoms with Crippen molar-refractivity contribution >= 4 is 5.69 Å². The monoisotopic (exact) mass is 301 g/mol. The fourth-order valence-electron chi connectivity index (χ4n) is 3.52. The smallest absolute Gasteiger partial charge is 0.119 e. The summed E-state index contributed by atoms with van der Waals surface area (Å²) in [4.78, 5) is 0. The number of hydrogen-bond donors (Lipinski definition) is 2. The van der Waals surface area contributed by atoms with E-state index in [9.17, 15) is 5.11 Å². The lowest BCUT2D eigenvalue weighted by molar-refractivity contribution is 0.459. The van der Waals surface area contributed by atoms with E-state index >= 15 is 0 Å². The lowest BCUT2D eigenvalue weighted by Gasteiger charge is -2.34. The van der Waals surface area contributed by atoms with Crippen LogP contribution in [0.2, 0.25) is 0 Å². The number of rotatable bonds is 2.